The van der Waals surface area contributed by atoms with Gasteiger partial charge in [-0.15, -0.1) is 0 Å². The number of benzene rings is 2. The molecule has 0 spiro atoms. The molecule has 11 heteroatoms. The zero-order valence-electron chi connectivity index (χ0n) is 24.0. The van der Waals surface area contributed by atoms with Crippen LogP contribution in [0, 0.1) is 19.3 Å². The van der Waals surface area contributed by atoms with Gasteiger partial charge >= 0.3 is 5.97 Å². The SMILES string of the molecule is COc1ccc(C(=O)O)c(N2Cc3c(Cl)ccc(Nc4c(N[C@H](c5cc(C)c(C)o5)C(C)(C)C)c(=O)c4=O)c3C2=O)c1. The summed E-state index contributed by atoms with van der Waals surface area (Å²) in [7, 11) is 1.44. The number of anilines is 4. The number of carboxylic acids is 1. The first-order valence-electron chi connectivity index (χ1n) is 13.2. The number of hydrogen-bond acceptors (Lipinski definition) is 8. The van der Waals surface area contributed by atoms with Crippen LogP contribution in [0.4, 0.5) is 22.7 Å². The van der Waals surface area contributed by atoms with Crippen molar-refractivity contribution in [3.05, 3.63) is 95.6 Å². The van der Waals surface area contributed by atoms with Gasteiger partial charge in [0.15, 0.2) is 0 Å². The Kier molecular flexibility index (Phi) is 7.14. The predicted octanol–water partition coefficient (Wildman–Crippen LogP) is 5.96. The summed E-state index contributed by atoms with van der Waals surface area (Å²) in [4.78, 5) is 52.6. The number of ether oxygens (including phenoxy) is 1. The van der Waals surface area contributed by atoms with Gasteiger partial charge in [-0.1, -0.05) is 32.4 Å². The summed E-state index contributed by atoms with van der Waals surface area (Å²) in [5.41, 5.74) is 0.169. The van der Waals surface area contributed by atoms with Gasteiger partial charge in [-0.05, 0) is 55.2 Å². The molecule has 5 rings (SSSR count). The molecule has 1 atom stereocenters. The summed E-state index contributed by atoms with van der Waals surface area (Å²) >= 11 is 6.48. The van der Waals surface area contributed by atoms with Gasteiger partial charge in [0.1, 0.15) is 28.6 Å². The summed E-state index contributed by atoms with van der Waals surface area (Å²) < 4.78 is 11.2. The molecule has 0 unspecified atom stereocenters. The second-order valence-electron chi connectivity index (χ2n) is 11.4. The zero-order valence-corrected chi connectivity index (χ0v) is 24.7. The minimum absolute atomic E-state index is 0.00368. The highest BCUT2D eigenvalue weighted by molar-refractivity contribution is 6.33. The van der Waals surface area contributed by atoms with E-state index in [9.17, 15) is 24.3 Å². The summed E-state index contributed by atoms with van der Waals surface area (Å²) in [6.07, 6.45) is 0. The van der Waals surface area contributed by atoms with Gasteiger partial charge in [-0.2, -0.15) is 0 Å². The molecular formula is C31H30ClN3O7. The molecule has 0 fully saturated rings. The average molecular weight is 592 g/mol. The molecule has 1 aliphatic rings. The Labute approximate surface area is 246 Å². The number of carbonyl (C=O) groups excluding carboxylic acids is 1. The minimum Gasteiger partial charge on any atom is -0.497 e. The molecule has 1 amide bonds. The van der Waals surface area contributed by atoms with E-state index in [2.05, 4.69) is 10.6 Å². The number of nitrogens with one attached hydrogen (secondary N) is 2. The fourth-order valence-corrected chi connectivity index (χ4v) is 5.33. The van der Waals surface area contributed by atoms with Crippen LogP contribution in [0.25, 0.3) is 0 Å². The second-order valence-corrected chi connectivity index (χ2v) is 11.8. The second kappa shape index (κ2) is 10.4. The molecule has 1 aromatic heterocycles. The third kappa shape index (κ3) is 4.81. The molecule has 0 saturated carbocycles. The van der Waals surface area contributed by atoms with Gasteiger partial charge in [0.05, 0.1) is 42.2 Å². The highest BCUT2D eigenvalue weighted by Crippen LogP contribution is 2.42. The Hall–Kier alpha value is -4.57. The molecule has 0 radical (unpaired) electrons. The lowest BCUT2D eigenvalue weighted by Crippen LogP contribution is -2.39. The monoisotopic (exact) mass is 591 g/mol. The molecular weight excluding hydrogens is 562 g/mol. The van der Waals surface area contributed by atoms with Crippen molar-refractivity contribution >= 4 is 46.2 Å². The van der Waals surface area contributed by atoms with Gasteiger partial charge < -0.3 is 29.8 Å². The van der Waals surface area contributed by atoms with E-state index in [0.29, 0.717) is 22.1 Å². The van der Waals surface area contributed by atoms with Crippen LogP contribution < -0.4 is 31.1 Å². The molecule has 0 aliphatic carbocycles. The molecule has 2 heterocycles. The van der Waals surface area contributed by atoms with Crippen molar-refractivity contribution in [1.82, 2.24) is 0 Å². The Morgan fingerprint density at radius 3 is 2.36 bits per heavy atom. The number of carboxylic acid groups (broad SMARTS) is 1. The van der Waals surface area contributed by atoms with E-state index in [0.717, 1.165) is 11.3 Å². The van der Waals surface area contributed by atoms with E-state index >= 15 is 0 Å². The van der Waals surface area contributed by atoms with Crippen LogP contribution in [0.2, 0.25) is 5.02 Å². The molecule has 42 heavy (non-hydrogen) atoms. The largest absolute Gasteiger partial charge is 0.497 e. The highest BCUT2D eigenvalue weighted by Gasteiger charge is 2.37. The first kappa shape index (κ1) is 28.9. The first-order valence-corrected chi connectivity index (χ1v) is 13.6. The molecule has 10 nitrogen and oxygen atoms in total. The van der Waals surface area contributed by atoms with Crippen LogP contribution in [-0.2, 0) is 6.54 Å². The lowest BCUT2D eigenvalue weighted by atomic mass is 9.84. The van der Waals surface area contributed by atoms with Crippen molar-refractivity contribution < 1.29 is 23.8 Å². The number of rotatable bonds is 8. The lowest BCUT2D eigenvalue weighted by molar-refractivity contribution is 0.0697. The van der Waals surface area contributed by atoms with Crippen molar-refractivity contribution in [2.45, 2.75) is 47.2 Å². The van der Waals surface area contributed by atoms with Gasteiger partial charge in [0.2, 0.25) is 0 Å². The highest BCUT2D eigenvalue weighted by atomic mass is 35.5. The van der Waals surface area contributed by atoms with Gasteiger partial charge in [-0.3, -0.25) is 14.4 Å². The minimum atomic E-state index is -1.21. The van der Waals surface area contributed by atoms with E-state index in [4.69, 9.17) is 20.8 Å². The summed E-state index contributed by atoms with van der Waals surface area (Å²) in [6, 6.07) is 8.92. The Morgan fingerprint density at radius 1 is 1.07 bits per heavy atom. The smallest absolute Gasteiger partial charge is 0.337 e. The van der Waals surface area contributed by atoms with Crippen LogP contribution in [0.1, 0.15) is 70.2 Å². The number of amides is 1. The number of fused-ring (bicyclic) bond motifs is 1. The van der Waals surface area contributed by atoms with E-state index < -0.39 is 34.2 Å². The lowest BCUT2D eigenvalue weighted by Gasteiger charge is -2.31. The van der Waals surface area contributed by atoms with Gasteiger partial charge in [0.25, 0.3) is 16.8 Å². The number of carbonyl (C=O) groups is 2. The molecule has 3 aromatic carbocycles. The van der Waals surface area contributed by atoms with Gasteiger partial charge in [0, 0.05) is 16.7 Å². The molecule has 0 saturated heterocycles. The van der Waals surface area contributed by atoms with E-state index in [1.54, 1.807) is 12.1 Å². The number of aromatic carboxylic acids is 1. The van der Waals surface area contributed by atoms with Crippen molar-refractivity contribution in [3.8, 4) is 5.75 Å². The Balaban J connectivity index is 1.52. The van der Waals surface area contributed by atoms with Crippen LogP contribution in [0.3, 0.4) is 0 Å². The molecule has 1 aliphatic heterocycles. The maximum atomic E-state index is 13.8. The zero-order chi connectivity index (χ0) is 30.7. The Bertz CT molecular complexity index is 1810. The number of aryl methyl sites for hydroxylation is 2. The number of hydrogen-bond donors (Lipinski definition) is 3. The van der Waals surface area contributed by atoms with Crippen molar-refractivity contribution in [2.75, 3.05) is 22.6 Å². The normalized spacial score (nSPS) is 13.8. The van der Waals surface area contributed by atoms with Crippen LogP contribution >= 0.6 is 11.6 Å². The average Bonchev–Trinajstić information content (AvgIpc) is 3.46. The van der Waals surface area contributed by atoms with E-state index in [1.807, 2.05) is 40.7 Å². The quantitative estimate of drug-likeness (QED) is 0.212. The maximum Gasteiger partial charge on any atom is 0.337 e. The van der Waals surface area contributed by atoms with Crippen LogP contribution in [0.5, 0.6) is 5.75 Å². The summed E-state index contributed by atoms with van der Waals surface area (Å²) in [5, 5.41) is 16.3. The van der Waals surface area contributed by atoms with E-state index in [1.165, 1.54) is 30.2 Å². The molecule has 4 aromatic rings. The molecule has 3 N–H and O–H groups in total. The number of nitrogens with zero attached hydrogens (tertiary/aromatic N) is 1. The maximum absolute atomic E-state index is 13.8. The Morgan fingerprint density at radius 2 is 1.76 bits per heavy atom. The topological polar surface area (TPSA) is 138 Å². The standard InChI is InChI=1S/C31H30ClN3O7/c1-14-11-22(42-15(14)2)28(31(3,4)5)34-25-24(26(36)27(25)37)33-20-10-9-19(32)18-13-35(29(38)23(18)20)21-12-16(41-6)7-8-17(21)30(39)40/h7-12,28,33-34H,13H2,1-6H3,(H,39,40)/t28-/m1/s1. The third-order valence-electron chi connectivity index (χ3n) is 7.55. The van der Waals surface area contributed by atoms with Crippen molar-refractivity contribution in [1.29, 1.82) is 0 Å². The van der Waals surface area contributed by atoms with Crippen molar-refractivity contribution in [2.24, 2.45) is 5.41 Å². The fraction of sp³-hybridized carbons (Fsp3) is 0.290. The summed E-state index contributed by atoms with van der Waals surface area (Å²) in [6.45, 7) is 9.74. The molecule has 0 bridgehead atoms. The van der Waals surface area contributed by atoms with Crippen molar-refractivity contribution in [3.63, 3.8) is 0 Å². The fourth-order valence-electron chi connectivity index (χ4n) is 5.11. The first-order chi connectivity index (χ1) is 19.7. The summed E-state index contributed by atoms with van der Waals surface area (Å²) in [5.74, 6) is 0.0233. The number of halogens is 1. The van der Waals surface area contributed by atoms with Crippen LogP contribution in [-0.4, -0.2) is 24.1 Å². The van der Waals surface area contributed by atoms with Crippen LogP contribution in [0.15, 0.2) is 50.4 Å². The number of methoxy groups -OCH3 is 1. The third-order valence-corrected chi connectivity index (χ3v) is 7.91. The van der Waals surface area contributed by atoms with E-state index in [-0.39, 0.29) is 40.4 Å². The number of furan rings is 1. The molecule has 218 valence electrons. The predicted molar refractivity (Wildman–Crippen MR) is 161 cm³/mol. The van der Waals surface area contributed by atoms with Gasteiger partial charge in [-0.25, -0.2) is 4.79 Å².